The van der Waals surface area contributed by atoms with Gasteiger partial charge in [0, 0.05) is 13.5 Å². The Hall–Kier alpha value is -1.06. The molecule has 15 heavy (non-hydrogen) atoms. The van der Waals surface area contributed by atoms with Crippen molar-refractivity contribution in [3.05, 3.63) is 0 Å². The average molecular weight is 211 g/mol. The van der Waals surface area contributed by atoms with Crippen LogP contribution in [0, 0.1) is 11.8 Å². The minimum atomic E-state index is -0.834. The van der Waals surface area contributed by atoms with Crippen molar-refractivity contribution in [3.8, 4) is 0 Å². The number of hydrogen-bond donors (Lipinski definition) is 1. The highest BCUT2D eigenvalue weighted by Gasteiger charge is 2.47. The summed E-state index contributed by atoms with van der Waals surface area (Å²) in [6.07, 6.45) is 4.33. The molecule has 1 saturated heterocycles. The maximum absolute atomic E-state index is 11.4. The topological polar surface area (TPSA) is 57.6 Å². The molecule has 0 aromatic heterocycles. The van der Waals surface area contributed by atoms with E-state index in [1.54, 1.807) is 4.90 Å². The van der Waals surface area contributed by atoms with Crippen LogP contribution in [0.15, 0.2) is 0 Å². The van der Waals surface area contributed by atoms with E-state index in [1.807, 2.05) is 0 Å². The van der Waals surface area contributed by atoms with Crippen molar-refractivity contribution in [3.63, 3.8) is 0 Å². The Kier molecular flexibility index (Phi) is 2.67. The van der Waals surface area contributed by atoms with Gasteiger partial charge in [-0.3, -0.25) is 4.79 Å². The van der Waals surface area contributed by atoms with Gasteiger partial charge in [-0.25, -0.2) is 4.79 Å². The third kappa shape index (κ3) is 1.73. The third-order valence-electron chi connectivity index (χ3n) is 3.80. The fourth-order valence-electron chi connectivity index (χ4n) is 3.12. The fourth-order valence-corrected chi connectivity index (χ4v) is 3.12. The largest absolute Gasteiger partial charge is 0.480 e. The van der Waals surface area contributed by atoms with Gasteiger partial charge in [0.1, 0.15) is 6.04 Å². The lowest BCUT2D eigenvalue weighted by Gasteiger charge is -2.26. The van der Waals surface area contributed by atoms with Crippen molar-refractivity contribution in [2.24, 2.45) is 11.8 Å². The first-order chi connectivity index (χ1) is 7.11. The Morgan fingerprint density at radius 2 is 1.93 bits per heavy atom. The van der Waals surface area contributed by atoms with Crippen LogP contribution in [0.5, 0.6) is 0 Å². The standard InChI is InChI=1S/C11H17NO3/c1-7(13)12-6-8-4-2-3-5-9(8)10(12)11(14)15/h8-10H,2-6H2,1H3,(H,14,15)/t8-,9-,10-/m0/s1. The lowest BCUT2D eigenvalue weighted by atomic mass is 9.78. The molecule has 0 aromatic carbocycles. The van der Waals surface area contributed by atoms with Gasteiger partial charge in [0.05, 0.1) is 0 Å². The Bertz CT molecular complexity index is 290. The van der Waals surface area contributed by atoms with Gasteiger partial charge in [-0.1, -0.05) is 12.8 Å². The van der Waals surface area contributed by atoms with Crippen molar-refractivity contribution in [2.45, 2.75) is 38.6 Å². The molecule has 2 rings (SSSR count). The second kappa shape index (κ2) is 3.83. The molecule has 0 spiro atoms. The van der Waals surface area contributed by atoms with E-state index in [1.165, 1.54) is 13.3 Å². The molecule has 2 fully saturated rings. The number of carbonyl (C=O) groups excluding carboxylic acids is 1. The molecule has 3 atom stereocenters. The van der Waals surface area contributed by atoms with E-state index in [4.69, 9.17) is 0 Å². The van der Waals surface area contributed by atoms with Gasteiger partial charge in [-0.05, 0) is 24.7 Å². The summed E-state index contributed by atoms with van der Waals surface area (Å²) in [5.74, 6) is -0.319. The SMILES string of the molecule is CC(=O)N1C[C@@H]2CCCC[C@@H]2[C@H]1C(=O)O. The molecule has 84 valence electrons. The van der Waals surface area contributed by atoms with E-state index < -0.39 is 12.0 Å². The Balaban J connectivity index is 2.21. The van der Waals surface area contributed by atoms with Crippen LogP contribution < -0.4 is 0 Å². The molecule has 0 unspecified atom stereocenters. The number of fused-ring (bicyclic) bond motifs is 1. The van der Waals surface area contributed by atoms with E-state index in [0.717, 1.165) is 19.3 Å². The predicted molar refractivity (Wildman–Crippen MR) is 54.3 cm³/mol. The molecule has 1 saturated carbocycles. The summed E-state index contributed by atoms with van der Waals surface area (Å²) in [6.45, 7) is 2.12. The zero-order valence-electron chi connectivity index (χ0n) is 8.98. The van der Waals surface area contributed by atoms with Crippen LogP contribution in [0.2, 0.25) is 0 Å². The smallest absolute Gasteiger partial charge is 0.326 e. The fraction of sp³-hybridized carbons (Fsp3) is 0.818. The van der Waals surface area contributed by atoms with E-state index in [2.05, 4.69) is 0 Å². The molecular weight excluding hydrogens is 194 g/mol. The molecule has 4 nitrogen and oxygen atoms in total. The molecule has 1 heterocycles. The number of likely N-dealkylation sites (tertiary alicyclic amines) is 1. The highest BCUT2D eigenvalue weighted by Crippen LogP contribution is 2.40. The number of carboxylic acids is 1. The van der Waals surface area contributed by atoms with Crippen LogP contribution in [0.1, 0.15) is 32.6 Å². The molecule has 1 aliphatic carbocycles. The van der Waals surface area contributed by atoms with E-state index in [0.29, 0.717) is 12.5 Å². The first-order valence-electron chi connectivity index (χ1n) is 5.61. The number of aliphatic carboxylic acids is 1. The highest BCUT2D eigenvalue weighted by molar-refractivity contribution is 5.83. The summed E-state index contributed by atoms with van der Waals surface area (Å²) >= 11 is 0. The molecule has 1 amide bonds. The minimum absolute atomic E-state index is 0.100. The van der Waals surface area contributed by atoms with Gasteiger partial charge in [0.2, 0.25) is 5.91 Å². The summed E-state index contributed by atoms with van der Waals surface area (Å²) in [7, 11) is 0. The molecule has 1 aliphatic heterocycles. The van der Waals surface area contributed by atoms with Crippen molar-refractivity contribution in [1.82, 2.24) is 4.90 Å². The molecule has 4 heteroatoms. The van der Waals surface area contributed by atoms with Crippen molar-refractivity contribution < 1.29 is 14.7 Å². The number of hydrogen-bond acceptors (Lipinski definition) is 2. The maximum atomic E-state index is 11.4. The Labute approximate surface area is 89.3 Å². The van der Waals surface area contributed by atoms with E-state index >= 15 is 0 Å². The number of carbonyl (C=O) groups is 2. The van der Waals surface area contributed by atoms with Gasteiger partial charge in [0.25, 0.3) is 0 Å². The lowest BCUT2D eigenvalue weighted by Crippen LogP contribution is -2.42. The predicted octanol–water partition coefficient (Wildman–Crippen LogP) is 1.11. The number of amides is 1. The molecule has 1 N–H and O–H groups in total. The van der Waals surface area contributed by atoms with Crippen LogP contribution in [0.3, 0.4) is 0 Å². The summed E-state index contributed by atoms with van der Waals surface area (Å²) < 4.78 is 0. The third-order valence-corrected chi connectivity index (χ3v) is 3.80. The second-order valence-electron chi connectivity index (χ2n) is 4.66. The van der Waals surface area contributed by atoms with Crippen LogP contribution in [0.25, 0.3) is 0 Å². The molecular formula is C11H17NO3. The first kappa shape index (κ1) is 10.5. The molecule has 0 aromatic rings. The van der Waals surface area contributed by atoms with Crippen LogP contribution in [-0.4, -0.2) is 34.5 Å². The summed E-state index contributed by atoms with van der Waals surface area (Å²) in [6, 6.07) is -0.562. The maximum Gasteiger partial charge on any atom is 0.326 e. The zero-order chi connectivity index (χ0) is 11.0. The lowest BCUT2D eigenvalue weighted by molar-refractivity contribution is -0.149. The minimum Gasteiger partial charge on any atom is -0.480 e. The number of rotatable bonds is 1. The van der Waals surface area contributed by atoms with Crippen LogP contribution >= 0.6 is 0 Å². The molecule has 2 aliphatic rings. The highest BCUT2D eigenvalue weighted by atomic mass is 16.4. The van der Waals surface area contributed by atoms with Crippen LogP contribution in [0.4, 0.5) is 0 Å². The second-order valence-corrected chi connectivity index (χ2v) is 4.66. The zero-order valence-corrected chi connectivity index (χ0v) is 8.98. The summed E-state index contributed by atoms with van der Waals surface area (Å²) in [4.78, 5) is 24.1. The summed E-state index contributed by atoms with van der Waals surface area (Å²) in [5, 5.41) is 9.18. The van der Waals surface area contributed by atoms with Gasteiger partial charge in [0.15, 0.2) is 0 Å². The van der Waals surface area contributed by atoms with Gasteiger partial charge < -0.3 is 10.0 Å². The monoisotopic (exact) mass is 211 g/mol. The van der Waals surface area contributed by atoms with Gasteiger partial charge >= 0.3 is 5.97 Å². The first-order valence-corrected chi connectivity index (χ1v) is 5.61. The molecule has 0 radical (unpaired) electrons. The van der Waals surface area contributed by atoms with Gasteiger partial charge in [-0.15, -0.1) is 0 Å². The quantitative estimate of drug-likeness (QED) is 0.706. The molecule has 0 bridgehead atoms. The summed E-state index contributed by atoms with van der Waals surface area (Å²) in [5.41, 5.74) is 0. The van der Waals surface area contributed by atoms with E-state index in [-0.39, 0.29) is 11.8 Å². The normalized spacial score (nSPS) is 35.0. The van der Waals surface area contributed by atoms with Crippen molar-refractivity contribution in [1.29, 1.82) is 0 Å². The van der Waals surface area contributed by atoms with Gasteiger partial charge in [-0.2, -0.15) is 0 Å². The van der Waals surface area contributed by atoms with Crippen molar-refractivity contribution >= 4 is 11.9 Å². The number of nitrogens with zero attached hydrogens (tertiary/aromatic N) is 1. The Morgan fingerprint density at radius 3 is 2.53 bits per heavy atom. The average Bonchev–Trinajstić information content (AvgIpc) is 2.56. The van der Waals surface area contributed by atoms with Crippen LogP contribution in [-0.2, 0) is 9.59 Å². The van der Waals surface area contributed by atoms with E-state index in [9.17, 15) is 14.7 Å². The number of carboxylic acid groups (broad SMARTS) is 1. The Morgan fingerprint density at radius 1 is 1.27 bits per heavy atom. The van der Waals surface area contributed by atoms with Crippen molar-refractivity contribution in [2.75, 3.05) is 6.54 Å².